The summed E-state index contributed by atoms with van der Waals surface area (Å²) in [5.74, 6) is 0.578. The first-order valence-electron chi connectivity index (χ1n) is 9.16. The second kappa shape index (κ2) is 7.23. The van der Waals surface area contributed by atoms with Gasteiger partial charge in [-0.1, -0.05) is 17.3 Å². The molecule has 0 N–H and O–H groups in total. The van der Waals surface area contributed by atoms with E-state index in [1.807, 2.05) is 36.4 Å². The molecule has 0 aliphatic carbocycles. The smallest absolute Gasteiger partial charge is 0.221 e. The third kappa shape index (κ3) is 3.47. The number of benzene rings is 1. The van der Waals surface area contributed by atoms with E-state index in [0.29, 0.717) is 30.1 Å². The summed E-state index contributed by atoms with van der Waals surface area (Å²) in [6.45, 7) is 0.558. The van der Waals surface area contributed by atoms with Crippen LogP contribution < -0.4 is 4.74 Å². The van der Waals surface area contributed by atoms with Gasteiger partial charge in [-0.2, -0.15) is 0 Å². The molecule has 0 fully saturated rings. The summed E-state index contributed by atoms with van der Waals surface area (Å²) < 4.78 is 6.97. The Morgan fingerprint density at radius 2 is 1.93 bits per heavy atom. The first-order chi connectivity index (χ1) is 14.3. The molecule has 0 radical (unpaired) electrons. The van der Waals surface area contributed by atoms with Crippen molar-refractivity contribution in [3.05, 3.63) is 77.9 Å². The quantitative estimate of drug-likeness (QED) is 0.461. The summed E-state index contributed by atoms with van der Waals surface area (Å²) in [5, 5.41) is 9.48. The third-order valence-corrected chi connectivity index (χ3v) is 4.67. The van der Waals surface area contributed by atoms with Gasteiger partial charge in [-0.15, -0.1) is 5.10 Å². The molecule has 8 nitrogen and oxygen atoms in total. The lowest BCUT2D eigenvalue weighted by atomic mass is 10.1. The second-order valence-electron chi connectivity index (χ2n) is 6.67. The Balaban J connectivity index is 1.45. The van der Waals surface area contributed by atoms with Crippen molar-refractivity contribution in [2.75, 3.05) is 7.11 Å². The van der Waals surface area contributed by atoms with Crippen molar-refractivity contribution in [1.82, 2.24) is 34.9 Å². The summed E-state index contributed by atoms with van der Waals surface area (Å²) in [6, 6.07) is 14.0. The maximum absolute atomic E-state index is 5.19. The van der Waals surface area contributed by atoms with E-state index in [9.17, 15) is 0 Å². The molecule has 29 heavy (non-hydrogen) atoms. The summed E-state index contributed by atoms with van der Waals surface area (Å²) in [7, 11) is 1.60. The predicted octanol–water partition coefficient (Wildman–Crippen LogP) is 2.81. The van der Waals surface area contributed by atoms with Crippen molar-refractivity contribution in [3.63, 3.8) is 0 Å². The molecular weight excluding hydrogens is 366 g/mol. The van der Waals surface area contributed by atoms with Gasteiger partial charge in [-0.3, -0.25) is 4.98 Å². The Hall–Kier alpha value is -3.94. The lowest BCUT2D eigenvalue weighted by Crippen LogP contribution is -2.04. The summed E-state index contributed by atoms with van der Waals surface area (Å²) in [4.78, 5) is 17.7. The molecule has 0 bridgehead atoms. The minimum absolute atomic E-state index is 0.531. The maximum atomic E-state index is 5.19. The van der Waals surface area contributed by atoms with Crippen LogP contribution in [0.5, 0.6) is 5.88 Å². The van der Waals surface area contributed by atoms with E-state index in [4.69, 9.17) is 9.72 Å². The normalized spacial score (nSPS) is 11.2. The van der Waals surface area contributed by atoms with Crippen LogP contribution in [-0.2, 0) is 13.0 Å². The minimum Gasteiger partial charge on any atom is -0.481 e. The van der Waals surface area contributed by atoms with E-state index >= 15 is 0 Å². The minimum atomic E-state index is 0.531. The monoisotopic (exact) mass is 383 g/mol. The van der Waals surface area contributed by atoms with Gasteiger partial charge in [0, 0.05) is 30.3 Å². The summed E-state index contributed by atoms with van der Waals surface area (Å²) in [6.07, 6.45) is 5.87. The molecule has 4 heterocycles. The van der Waals surface area contributed by atoms with E-state index in [1.54, 1.807) is 30.4 Å². The number of pyridine rings is 2. The van der Waals surface area contributed by atoms with Gasteiger partial charge in [0.25, 0.3) is 0 Å². The highest BCUT2D eigenvalue weighted by molar-refractivity contribution is 5.79. The van der Waals surface area contributed by atoms with Gasteiger partial charge in [0.05, 0.1) is 31.1 Å². The third-order valence-electron chi connectivity index (χ3n) is 4.67. The zero-order chi connectivity index (χ0) is 19.6. The number of hydrogen-bond acceptors (Lipinski definition) is 7. The summed E-state index contributed by atoms with van der Waals surface area (Å²) in [5.41, 5.74) is 5.14. The van der Waals surface area contributed by atoms with Gasteiger partial charge in [0.2, 0.25) is 11.5 Å². The lowest BCUT2D eigenvalue weighted by Gasteiger charge is -2.06. The molecule has 142 valence electrons. The highest BCUT2D eigenvalue weighted by Gasteiger charge is 2.11. The zero-order valence-electron chi connectivity index (χ0n) is 15.7. The molecule has 4 aromatic heterocycles. The highest BCUT2D eigenvalue weighted by Crippen LogP contribution is 2.17. The number of methoxy groups -OCH3 is 1. The summed E-state index contributed by atoms with van der Waals surface area (Å²) >= 11 is 0. The van der Waals surface area contributed by atoms with Gasteiger partial charge in [-0.25, -0.2) is 19.6 Å². The van der Waals surface area contributed by atoms with E-state index in [1.165, 1.54) is 0 Å². The molecule has 0 aliphatic heterocycles. The van der Waals surface area contributed by atoms with E-state index in [-0.39, 0.29) is 0 Å². The maximum Gasteiger partial charge on any atom is 0.221 e. The fourth-order valence-corrected chi connectivity index (χ4v) is 3.26. The van der Waals surface area contributed by atoms with Gasteiger partial charge in [0.1, 0.15) is 0 Å². The molecule has 5 rings (SSSR count). The van der Waals surface area contributed by atoms with E-state index in [0.717, 1.165) is 27.7 Å². The van der Waals surface area contributed by atoms with Crippen LogP contribution in [0.2, 0.25) is 0 Å². The molecule has 1 aromatic carbocycles. The lowest BCUT2D eigenvalue weighted by molar-refractivity contribution is 0.397. The Labute approximate surface area is 166 Å². The van der Waals surface area contributed by atoms with E-state index in [2.05, 4.69) is 31.3 Å². The molecular formula is C21H17N7O. The van der Waals surface area contributed by atoms with Crippen LogP contribution >= 0.6 is 0 Å². The van der Waals surface area contributed by atoms with E-state index < -0.39 is 0 Å². The van der Waals surface area contributed by atoms with Crippen molar-refractivity contribution in [2.24, 2.45) is 0 Å². The molecule has 8 heteroatoms. The van der Waals surface area contributed by atoms with Crippen molar-refractivity contribution in [2.45, 2.75) is 13.0 Å². The standard InChI is InChI=1S/C21H17N7O/c1-29-19-11-14(6-8-23-19)10-17-12-24-20-21(25-17)28(27-26-20)13-15-4-5-18-16(9-15)3-2-7-22-18/h2-9,11-12H,10,13H2,1H3. The Bertz CT molecular complexity index is 1310. The van der Waals surface area contributed by atoms with Gasteiger partial charge in [-0.05, 0) is 35.4 Å². The number of ether oxygens (including phenoxy) is 1. The number of rotatable bonds is 5. The molecule has 0 aliphatic rings. The van der Waals surface area contributed by atoms with Crippen molar-refractivity contribution >= 4 is 22.2 Å². The molecule has 0 saturated carbocycles. The largest absolute Gasteiger partial charge is 0.481 e. The Morgan fingerprint density at radius 1 is 0.966 bits per heavy atom. The number of aromatic nitrogens is 7. The zero-order valence-corrected chi connectivity index (χ0v) is 15.7. The van der Waals surface area contributed by atoms with Gasteiger partial charge in [0.15, 0.2) is 5.65 Å². The second-order valence-corrected chi connectivity index (χ2v) is 6.67. The average molecular weight is 383 g/mol. The average Bonchev–Trinajstić information content (AvgIpc) is 3.16. The molecule has 0 spiro atoms. The van der Waals surface area contributed by atoms with Crippen molar-refractivity contribution < 1.29 is 4.74 Å². The first-order valence-corrected chi connectivity index (χ1v) is 9.16. The fraction of sp³-hybridized carbons (Fsp3) is 0.143. The predicted molar refractivity (Wildman–Crippen MR) is 108 cm³/mol. The molecule has 5 aromatic rings. The van der Waals surface area contributed by atoms with Gasteiger partial charge < -0.3 is 4.74 Å². The first kappa shape index (κ1) is 17.2. The van der Waals surface area contributed by atoms with Crippen LogP contribution in [0.15, 0.2) is 61.1 Å². The van der Waals surface area contributed by atoms with Crippen LogP contribution in [0.1, 0.15) is 16.8 Å². The topological polar surface area (TPSA) is 91.5 Å². The van der Waals surface area contributed by atoms with Crippen LogP contribution in [-0.4, -0.2) is 42.0 Å². The van der Waals surface area contributed by atoms with Crippen molar-refractivity contribution in [1.29, 1.82) is 0 Å². The fourth-order valence-electron chi connectivity index (χ4n) is 3.26. The number of fused-ring (bicyclic) bond motifs is 2. The highest BCUT2D eigenvalue weighted by atomic mass is 16.5. The van der Waals surface area contributed by atoms with Crippen LogP contribution in [0.4, 0.5) is 0 Å². The SMILES string of the molecule is COc1cc(Cc2cnc3nnn(Cc4ccc5ncccc5c4)c3n2)ccn1. The van der Waals surface area contributed by atoms with Crippen LogP contribution in [0.25, 0.3) is 22.2 Å². The molecule has 0 saturated heterocycles. The van der Waals surface area contributed by atoms with Crippen molar-refractivity contribution in [3.8, 4) is 5.88 Å². The van der Waals surface area contributed by atoms with Gasteiger partial charge >= 0.3 is 0 Å². The van der Waals surface area contributed by atoms with Crippen LogP contribution in [0.3, 0.4) is 0 Å². The molecule has 0 unspecified atom stereocenters. The Morgan fingerprint density at radius 3 is 2.86 bits per heavy atom. The Kier molecular flexibility index (Phi) is 4.28. The number of hydrogen-bond donors (Lipinski definition) is 0. The van der Waals surface area contributed by atoms with Crippen LogP contribution in [0, 0.1) is 0 Å². The molecule has 0 atom stereocenters. The number of nitrogens with zero attached hydrogens (tertiary/aromatic N) is 7. The molecule has 0 amide bonds.